The van der Waals surface area contributed by atoms with Crippen molar-refractivity contribution in [2.45, 2.75) is 6.61 Å². The second-order valence-corrected chi connectivity index (χ2v) is 4.48. The molecule has 0 aliphatic heterocycles. The van der Waals surface area contributed by atoms with E-state index in [0.29, 0.717) is 6.61 Å². The molecule has 2 rings (SSSR count). The molecule has 0 heterocycles. The SMILES string of the molecule is O=C(OCCOCc1ccccc1)c1ccc([N+](=O)[O-])cc1. The summed E-state index contributed by atoms with van der Waals surface area (Å²) >= 11 is 0. The van der Waals surface area contributed by atoms with E-state index in [4.69, 9.17) is 9.47 Å². The van der Waals surface area contributed by atoms with Crippen molar-refractivity contribution in [1.82, 2.24) is 0 Å². The number of non-ortho nitro benzene ring substituents is 1. The van der Waals surface area contributed by atoms with Gasteiger partial charge in [0.15, 0.2) is 0 Å². The summed E-state index contributed by atoms with van der Waals surface area (Å²) in [5.41, 5.74) is 1.25. The Labute approximate surface area is 127 Å². The van der Waals surface area contributed by atoms with Crippen LogP contribution in [0.1, 0.15) is 15.9 Å². The number of rotatable bonds is 7. The minimum Gasteiger partial charge on any atom is -0.460 e. The summed E-state index contributed by atoms with van der Waals surface area (Å²) in [7, 11) is 0. The first-order chi connectivity index (χ1) is 10.7. The fraction of sp³-hybridized carbons (Fsp3) is 0.188. The summed E-state index contributed by atoms with van der Waals surface area (Å²) < 4.78 is 10.4. The second kappa shape index (κ2) is 7.90. The standard InChI is InChI=1S/C16H15NO5/c18-16(14-6-8-15(9-7-14)17(19)20)22-11-10-21-12-13-4-2-1-3-5-13/h1-9H,10-12H2. The van der Waals surface area contributed by atoms with Gasteiger partial charge in [-0.3, -0.25) is 10.1 Å². The maximum Gasteiger partial charge on any atom is 0.338 e. The number of nitrogens with zero attached hydrogens (tertiary/aromatic N) is 1. The molecular formula is C16H15NO5. The molecule has 0 radical (unpaired) electrons. The molecule has 0 unspecified atom stereocenters. The third-order valence-corrected chi connectivity index (χ3v) is 2.89. The van der Waals surface area contributed by atoms with E-state index in [1.807, 2.05) is 30.3 Å². The van der Waals surface area contributed by atoms with Gasteiger partial charge in [0, 0.05) is 12.1 Å². The quantitative estimate of drug-likeness (QED) is 0.340. The Morgan fingerprint density at radius 3 is 2.32 bits per heavy atom. The van der Waals surface area contributed by atoms with Gasteiger partial charge in [-0.25, -0.2) is 4.79 Å². The molecule has 2 aromatic carbocycles. The molecule has 0 atom stereocenters. The Kier molecular flexibility index (Phi) is 5.62. The topological polar surface area (TPSA) is 78.7 Å². The molecule has 0 aliphatic rings. The van der Waals surface area contributed by atoms with Crippen LogP contribution >= 0.6 is 0 Å². The lowest BCUT2D eigenvalue weighted by Gasteiger charge is -2.06. The number of ether oxygens (including phenoxy) is 2. The van der Waals surface area contributed by atoms with Gasteiger partial charge >= 0.3 is 5.97 Å². The summed E-state index contributed by atoms with van der Waals surface area (Å²) in [5, 5.41) is 10.5. The second-order valence-electron chi connectivity index (χ2n) is 4.48. The average Bonchev–Trinajstić information content (AvgIpc) is 2.55. The summed E-state index contributed by atoms with van der Waals surface area (Å²) in [6.45, 7) is 0.867. The lowest BCUT2D eigenvalue weighted by Crippen LogP contribution is -2.10. The Bertz CT molecular complexity index is 625. The smallest absolute Gasteiger partial charge is 0.338 e. The molecule has 0 amide bonds. The molecule has 2 aromatic rings. The van der Waals surface area contributed by atoms with Crippen LogP contribution in [-0.4, -0.2) is 24.1 Å². The van der Waals surface area contributed by atoms with E-state index in [-0.39, 0.29) is 24.5 Å². The first kappa shape index (κ1) is 15.7. The average molecular weight is 301 g/mol. The van der Waals surface area contributed by atoms with Gasteiger partial charge in [-0.05, 0) is 17.7 Å². The first-order valence-electron chi connectivity index (χ1n) is 6.70. The van der Waals surface area contributed by atoms with Crippen LogP contribution < -0.4 is 0 Å². The fourth-order valence-corrected chi connectivity index (χ4v) is 1.76. The molecule has 22 heavy (non-hydrogen) atoms. The number of carbonyl (C=O) groups excluding carboxylic acids is 1. The van der Waals surface area contributed by atoms with E-state index in [0.717, 1.165) is 5.56 Å². The lowest BCUT2D eigenvalue weighted by atomic mass is 10.2. The zero-order chi connectivity index (χ0) is 15.8. The van der Waals surface area contributed by atoms with Gasteiger partial charge in [0.25, 0.3) is 5.69 Å². The van der Waals surface area contributed by atoms with Crippen molar-refractivity contribution in [3.05, 3.63) is 75.8 Å². The molecule has 0 aromatic heterocycles. The van der Waals surface area contributed by atoms with Crippen LogP contribution in [0, 0.1) is 10.1 Å². The largest absolute Gasteiger partial charge is 0.460 e. The third-order valence-electron chi connectivity index (χ3n) is 2.89. The highest BCUT2D eigenvalue weighted by Gasteiger charge is 2.10. The highest BCUT2D eigenvalue weighted by Crippen LogP contribution is 2.12. The van der Waals surface area contributed by atoms with Crippen LogP contribution in [0.15, 0.2) is 54.6 Å². The predicted molar refractivity (Wildman–Crippen MR) is 79.5 cm³/mol. The van der Waals surface area contributed by atoms with E-state index >= 15 is 0 Å². The van der Waals surface area contributed by atoms with E-state index in [9.17, 15) is 14.9 Å². The zero-order valence-electron chi connectivity index (χ0n) is 11.8. The maximum absolute atomic E-state index is 11.7. The Hall–Kier alpha value is -2.73. The van der Waals surface area contributed by atoms with Crippen LogP contribution in [-0.2, 0) is 16.1 Å². The molecule has 6 nitrogen and oxygen atoms in total. The molecule has 0 N–H and O–H groups in total. The molecule has 0 spiro atoms. The van der Waals surface area contributed by atoms with Crippen LogP contribution in [0.25, 0.3) is 0 Å². The van der Waals surface area contributed by atoms with Gasteiger partial charge in [-0.1, -0.05) is 30.3 Å². The predicted octanol–water partition coefficient (Wildman–Crippen LogP) is 2.97. The molecule has 0 saturated carbocycles. The van der Waals surface area contributed by atoms with Gasteiger partial charge in [0.1, 0.15) is 6.61 Å². The van der Waals surface area contributed by atoms with E-state index < -0.39 is 10.9 Å². The maximum atomic E-state index is 11.7. The van der Waals surface area contributed by atoms with Gasteiger partial charge in [0.05, 0.1) is 23.7 Å². The van der Waals surface area contributed by atoms with Crippen molar-refractivity contribution in [2.24, 2.45) is 0 Å². The highest BCUT2D eigenvalue weighted by molar-refractivity contribution is 5.89. The number of carbonyl (C=O) groups is 1. The normalized spacial score (nSPS) is 10.2. The molecular weight excluding hydrogens is 286 g/mol. The zero-order valence-corrected chi connectivity index (χ0v) is 11.8. The van der Waals surface area contributed by atoms with Gasteiger partial charge in [0.2, 0.25) is 0 Å². The molecule has 0 fully saturated rings. The molecule has 6 heteroatoms. The van der Waals surface area contributed by atoms with E-state index in [1.54, 1.807) is 0 Å². The van der Waals surface area contributed by atoms with Crippen molar-refractivity contribution >= 4 is 11.7 Å². The number of esters is 1. The van der Waals surface area contributed by atoms with Crippen molar-refractivity contribution in [1.29, 1.82) is 0 Å². The first-order valence-corrected chi connectivity index (χ1v) is 6.70. The lowest BCUT2D eigenvalue weighted by molar-refractivity contribution is -0.384. The summed E-state index contributed by atoms with van der Waals surface area (Å²) in [6.07, 6.45) is 0. The van der Waals surface area contributed by atoms with Crippen molar-refractivity contribution in [3.8, 4) is 0 Å². The van der Waals surface area contributed by atoms with Crippen molar-refractivity contribution < 1.29 is 19.2 Å². The number of nitro groups is 1. The fourth-order valence-electron chi connectivity index (χ4n) is 1.76. The van der Waals surface area contributed by atoms with Crippen LogP contribution in [0.3, 0.4) is 0 Å². The van der Waals surface area contributed by atoms with Crippen LogP contribution in [0.2, 0.25) is 0 Å². The van der Waals surface area contributed by atoms with Gasteiger partial charge < -0.3 is 9.47 Å². The molecule has 0 saturated heterocycles. The Balaban J connectivity index is 1.70. The van der Waals surface area contributed by atoms with Gasteiger partial charge in [-0.15, -0.1) is 0 Å². The summed E-state index contributed by atoms with van der Waals surface area (Å²) in [6, 6.07) is 14.9. The highest BCUT2D eigenvalue weighted by atomic mass is 16.6. The van der Waals surface area contributed by atoms with Crippen molar-refractivity contribution in [2.75, 3.05) is 13.2 Å². The molecule has 0 aliphatic carbocycles. The number of nitro benzene ring substituents is 1. The monoisotopic (exact) mass is 301 g/mol. The molecule has 0 bridgehead atoms. The summed E-state index contributed by atoms with van der Waals surface area (Å²) in [4.78, 5) is 21.7. The Morgan fingerprint density at radius 1 is 1.00 bits per heavy atom. The number of hydrogen-bond acceptors (Lipinski definition) is 5. The van der Waals surface area contributed by atoms with Gasteiger partial charge in [-0.2, -0.15) is 0 Å². The minimum absolute atomic E-state index is 0.0669. The number of benzene rings is 2. The van der Waals surface area contributed by atoms with Crippen LogP contribution in [0.5, 0.6) is 0 Å². The Morgan fingerprint density at radius 2 is 1.68 bits per heavy atom. The van der Waals surface area contributed by atoms with Crippen LogP contribution in [0.4, 0.5) is 5.69 Å². The van der Waals surface area contributed by atoms with E-state index in [1.165, 1.54) is 24.3 Å². The minimum atomic E-state index is -0.529. The summed E-state index contributed by atoms with van der Waals surface area (Å²) in [5.74, 6) is -0.529. The van der Waals surface area contributed by atoms with Crippen molar-refractivity contribution in [3.63, 3.8) is 0 Å². The molecule has 114 valence electrons. The number of hydrogen-bond donors (Lipinski definition) is 0. The van der Waals surface area contributed by atoms with E-state index in [2.05, 4.69) is 0 Å². The third kappa shape index (κ3) is 4.68.